The van der Waals surface area contributed by atoms with E-state index >= 15 is 0 Å². The van der Waals surface area contributed by atoms with Crippen LogP contribution in [-0.4, -0.2) is 26.6 Å². The van der Waals surface area contributed by atoms with E-state index in [-0.39, 0.29) is 5.60 Å². The zero-order valence-corrected chi connectivity index (χ0v) is 11.1. The lowest BCUT2D eigenvalue weighted by molar-refractivity contribution is -0.139. The molecule has 1 aromatic rings. The highest BCUT2D eigenvalue weighted by molar-refractivity contribution is 5.76. The van der Waals surface area contributed by atoms with E-state index in [1.807, 2.05) is 20.8 Å². The van der Waals surface area contributed by atoms with Crippen LogP contribution in [0.5, 0.6) is 0 Å². The van der Waals surface area contributed by atoms with Crippen LogP contribution in [-0.2, 0) is 22.6 Å². The summed E-state index contributed by atoms with van der Waals surface area (Å²) in [6, 6.07) is 0. The van der Waals surface area contributed by atoms with Gasteiger partial charge in [0.05, 0.1) is 11.3 Å². The highest BCUT2D eigenvalue weighted by Gasteiger charge is 2.29. The minimum atomic E-state index is -0.786. The number of nitrogens with zero attached hydrogens (tertiary/aromatic N) is 1. The second kappa shape index (κ2) is 4.72. The number of aryl methyl sites for hydroxylation is 1. The van der Waals surface area contributed by atoms with Gasteiger partial charge in [0.15, 0.2) is 0 Å². The maximum Gasteiger partial charge on any atom is 0.312 e. The third-order valence-electron chi connectivity index (χ3n) is 3.05. The van der Waals surface area contributed by atoms with E-state index in [4.69, 9.17) is 9.84 Å². The van der Waals surface area contributed by atoms with Crippen molar-refractivity contribution in [3.8, 4) is 0 Å². The second-order valence-corrected chi connectivity index (χ2v) is 5.73. The third kappa shape index (κ3) is 2.90. The molecular formula is C13H20N2O3. The van der Waals surface area contributed by atoms with Gasteiger partial charge in [0.1, 0.15) is 18.3 Å². The summed E-state index contributed by atoms with van der Waals surface area (Å²) in [6.07, 6.45) is 2.44. The van der Waals surface area contributed by atoms with Crippen molar-refractivity contribution in [3.63, 3.8) is 0 Å². The number of imidazole rings is 1. The van der Waals surface area contributed by atoms with Gasteiger partial charge in [-0.2, -0.15) is 0 Å². The van der Waals surface area contributed by atoms with E-state index in [1.165, 1.54) is 0 Å². The first-order valence-electron chi connectivity index (χ1n) is 6.31. The first-order chi connectivity index (χ1) is 8.37. The number of carboxylic acid groups (broad SMARTS) is 1. The molecule has 0 radical (unpaired) electrons. The van der Waals surface area contributed by atoms with Gasteiger partial charge in [-0.05, 0) is 40.0 Å². The Hall–Kier alpha value is -1.36. The van der Waals surface area contributed by atoms with Gasteiger partial charge < -0.3 is 14.8 Å². The molecule has 0 saturated carbocycles. The molecule has 1 atom stereocenters. The molecule has 2 N–H and O–H groups in total. The number of ether oxygens (including phenoxy) is 1. The first-order valence-corrected chi connectivity index (χ1v) is 6.31. The molecule has 0 spiro atoms. The molecule has 0 aromatic carbocycles. The van der Waals surface area contributed by atoms with Crippen molar-refractivity contribution in [3.05, 3.63) is 17.2 Å². The standard InChI is InChI=1S/C13H20N2O3/c1-13(2,3)18-7-10-14-9-6-4-5-8(12(16)17)11(9)15-10/h8H,4-7H2,1-3H3,(H,14,15)(H,16,17). The summed E-state index contributed by atoms with van der Waals surface area (Å²) in [7, 11) is 0. The van der Waals surface area contributed by atoms with Crippen molar-refractivity contribution in [2.24, 2.45) is 0 Å². The second-order valence-electron chi connectivity index (χ2n) is 5.73. The molecule has 1 aromatic heterocycles. The number of aromatic amines is 1. The van der Waals surface area contributed by atoms with Crippen LogP contribution in [0, 0.1) is 0 Å². The predicted octanol–water partition coefficient (Wildman–Crippen LogP) is 2.23. The van der Waals surface area contributed by atoms with Crippen molar-refractivity contribution in [2.45, 2.75) is 58.2 Å². The van der Waals surface area contributed by atoms with Gasteiger partial charge >= 0.3 is 5.97 Å². The molecule has 0 amide bonds. The number of rotatable bonds is 3. The fourth-order valence-electron chi connectivity index (χ4n) is 2.17. The number of hydrogen-bond acceptors (Lipinski definition) is 3. The van der Waals surface area contributed by atoms with Crippen LogP contribution in [0.3, 0.4) is 0 Å². The Morgan fingerprint density at radius 2 is 2.28 bits per heavy atom. The molecule has 1 aliphatic carbocycles. The SMILES string of the molecule is CC(C)(C)OCc1nc2c([nH]1)CCCC2C(=O)O. The van der Waals surface area contributed by atoms with Crippen molar-refractivity contribution >= 4 is 5.97 Å². The topological polar surface area (TPSA) is 75.2 Å². The minimum Gasteiger partial charge on any atom is -0.481 e. The van der Waals surface area contributed by atoms with Crippen molar-refractivity contribution in [2.75, 3.05) is 0 Å². The Morgan fingerprint density at radius 1 is 1.56 bits per heavy atom. The maximum atomic E-state index is 11.2. The van der Waals surface area contributed by atoms with Crippen LogP contribution < -0.4 is 0 Å². The van der Waals surface area contributed by atoms with Crippen LogP contribution in [0.4, 0.5) is 0 Å². The molecule has 0 aliphatic heterocycles. The number of hydrogen-bond donors (Lipinski definition) is 2. The fourth-order valence-corrected chi connectivity index (χ4v) is 2.17. The molecule has 0 bridgehead atoms. The lowest BCUT2D eigenvalue weighted by Gasteiger charge is -2.18. The lowest BCUT2D eigenvalue weighted by atomic mass is 9.90. The van der Waals surface area contributed by atoms with E-state index in [9.17, 15) is 4.79 Å². The Labute approximate surface area is 107 Å². The van der Waals surface area contributed by atoms with E-state index < -0.39 is 11.9 Å². The Balaban J connectivity index is 2.14. The Kier molecular flexibility index (Phi) is 3.43. The molecule has 1 unspecified atom stereocenters. The van der Waals surface area contributed by atoms with E-state index in [2.05, 4.69) is 9.97 Å². The number of H-pyrrole nitrogens is 1. The average molecular weight is 252 g/mol. The Morgan fingerprint density at radius 3 is 2.89 bits per heavy atom. The zero-order chi connectivity index (χ0) is 13.3. The van der Waals surface area contributed by atoms with Crippen LogP contribution in [0.2, 0.25) is 0 Å². The molecule has 5 heteroatoms. The average Bonchev–Trinajstić information content (AvgIpc) is 2.67. The van der Waals surface area contributed by atoms with Gasteiger partial charge in [0.2, 0.25) is 0 Å². The monoisotopic (exact) mass is 252 g/mol. The number of fused-ring (bicyclic) bond motifs is 1. The van der Waals surface area contributed by atoms with Gasteiger partial charge in [0.25, 0.3) is 0 Å². The molecule has 18 heavy (non-hydrogen) atoms. The molecule has 5 nitrogen and oxygen atoms in total. The molecule has 1 heterocycles. The van der Waals surface area contributed by atoms with Crippen LogP contribution in [0.25, 0.3) is 0 Å². The van der Waals surface area contributed by atoms with Crippen LogP contribution in [0.1, 0.15) is 56.7 Å². The van der Waals surface area contributed by atoms with Crippen molar-refractivity contribution in [1.29, 1.82) is 0 Å². The maximum absolute atomic E-state index is 11.2. The summed E-state index contributed by atoms with van der Waals surface area (Å²) in [4.78, 5) is 18.7. The molecule has 100 valence electrons. The molecule has 0 saturated heterocycles. The van der Waals surface area contributed by atoms with Gasteiger partial charge in [-0.25, -0.2) is 4.98 Å². The molecular weight excluding hydrogens is 232 g/mol. The minimum absolute atomic E-state index is 0.223. The number of aromatic nitrogens is 2. The highest BCUT2D eigenvalue weighted by atomic mass is 16.5. The summed E-state index contributed by atoms with van der Waals surface area (Å²) in [5, 5.41) is 9.17. The van der Waals surface area contributed by atoms with E-state index in [1.54, 1.807) is 0 Å². The number of carbonyl (C=O) groups is 1. The van der Waals surface area contributed by atoms with Crippen molar-refractivity contribution in [1.82, 2.24) is 9.97 Å². The van der Waals surface area contributed by atoms with E-state index in [0.29, 0.717) is 18.7 Å². The smallest absolute Gasteiger partial charge is 0.312 e. The summed E-state index contributed by atoms with van der Waals surface area (Å²) >= 11 is 0. The highest BCUT2D eigenvalue weighted by Crippen LogP contribution is 2.30. The van der Waals surface area contributed by atoms with Gasteiger partial charge in [-0.1, -0.05) is 0 Å². The lowest BCUT2D eigenvalue weighted by Crippen LogP contribution is -2.19. The van der Waals surface area contributed by atoms with Gasteiger partial charge in [0, 0.05) is 5.69 Å². The number of aliphatic carboxylic acids is 1. The summed E-state index contributed by atoms with van der Waals surface area (Å²) in [5.41, 5.74) is 1.43. The third-order valence-corrected chi connectivity index (χ3v) is 3.05. The summed E-state index contributed by atoms with van der Waals surface area (Å²) in [6.45, 7) is 6.34. The van der Waals surface area contributed by atoms with Gasteiger partial charge in [-0.15, -0.1) is 0 Å². The Bertz CT molecular complexity index is 446. The predicted molar refractivity (Wildman–Crippen MR) is 66.4 cm³/mol. The molecule has 1 aliphatic rings. The normalized spacial score (nSPS) is 19.6. The van der Waals surface area contributed by atoms with Crippen LogP contribution in [0.15, 0.2) is 0 Å². The zero-order valence-electron chi connectivity index (χ0n) is 11.1. The van der Waals surface area contributed by atoms with Crippen LogP contribution >= 0.6 is 0 Å². The number of carboxylic acids is 1. The van der Waals surface area contributed by atoms with Crippen molar-refractivity contribution < 1.29 is 14.6 Å². The van der Waals surface area contributed by atoms with E-state index in [0.717, 1.165) is 24.4 Å². The number of nitrogens with one attached hydrogen (secondary N) is 1. The molecule has 2 rings (SSSR count). The largest absolute Gasteiger partial charge is 0.481 e. The summed E-state index contributed by atoms with van der Waals surface area (Å²) < 4.78 is 5.65. The summed E-state index contributed by atoms with van der Waals surface area (Å²) in [5.74, 6) is -0.526. The molecule has 0 fully saturated rings. The first kappa shape index (κ1) is 13.1. The fraction of sp³-hybridized carbons (Fsp3) is 0.692. The van der Waals surface area contributed by atoms with Gasteiger partial charge in [-0.3, -0.25) is 4.79 Å². The quantitative estimate of drug-likeness (QED) is 0.865.